The molecule has 4 aromatic heterocycles. The van der Waals surface area contributed by atoms with Gasteiger partial charge in [-0.15, -0.1) is 0 Å². The van der Waals surface area contributed by atoms with Crippen LogP contribution in [0.25, 0.3) is 33.8 Å². The predicted molar refractivity (Wildman–Crippen MR) is 145 cm³/mol. The molecule has 0 aliphatic heterocycles. The lowest BCUT2D eigenvalue weighted by molar-refractivity contribution is -0.105. The first-order valence-corrected chi connectivity index (χ1v) is 12.0. The number of carbonyl (C=O) groups is 1. The number of anilines is 3. The number of aromatic nitrogens is 6. The predicted octanol–water partition coefficient (Wildman–Crippen LogP) is 4.50. The van der Waals surface area contributed by atoms with Crippen LogP contribution in [0.15, 0.2) is 61.2 Å². The van der Waals surface area contributed by atoms with Crippen LogP contribution >= 0.6 is 0 Å². The Bertz CT molecular complexity index is 1560. The molecule has 0 fully saturated rings. The van der Waals surface area contributed by atoms with Crippen molar-refractivity contribution < 1.29 is 4.79 Å². The minimum Gasteiger partial charge on any atom is -0.386 e. The SMILES string of the molecule is CCn1cnc2c(NCc3ccc(-c4ccnc(C)c4)nc3)nc(-c3ccc(NC=O)c(NC)c3)nc21. The highest BCUT2D eigenvalue weighted by Crippen LogP contribution is 2.30. The zero-order valence-corrected chi connectivity index (χ0v) is 20.9. The molecule has 0 radical (unpaired) electrons. The molecule has 0 aliphatic rings. The number of fused-ring (bicyclic) bond motifs is 1. The fourth-order valence-electron chi connectivity index (χ4n) is 4.10. The van der Waals surface area contributed by atoms with Crippen molar-refractivity contribution in [3.05, 3.63) is 72.4 Å². The number of carbonyl (C=O) groups excluding carboxylic acids is 1. The standard InChI is InChI=1S/C27H27N9O/c1-4-36-15-32-24-26(31-14-18-5-7-21(30-13-18)19-9-10-29-17(2)11-19)34-25(35-27(24)36)20-6-8-22(33-16-37)23(12-20)28-3/h5-13,15-16,28H,4,14H2,1-3H3,(H,33,37)(H,31,34,35). The number of hydrogen-bond acceptors (Lipinski definition) is 8. The van der Waals surface area contributed by atoms with E-state index >= 15 is 0 Å². The third-order valence-corrected chi connectivity index (χ3v) is 6.04. The number of nitrogens with zero attached hydrogens (tertiary/aromatic N) is 6. The number of rotatable bonds is 9. The largest absolute Gasteiger partial charge is 0.386 e. The summed E-state index contributed by atoms with van der Waals surface area (Å²) >= 11 is 0. The van der Waals surface area contributed by atoms with Gasteiger partial charge in [0.2, 0.25) is 6.41 Å². The van der Waals surface area contributed by atoms with Crippen molar-refractivity contribution in [2.24, 2.45) is 0 Å². The first-order valence-electron chi connectivity index (χ1n) is 12.0. The van der Waals surface area contributed by atoms with Gasteiger partial charge in [0.15, 0.2) is 17.3 Å². The van der Waals surface area contributed by atoms with Gasteiger partial charge in [-0.25, -0.2) is 15.0 Å². The van der Waals surface area contributed by atoms with Crippen LogP contribution in [0.1, 0.15) is 18.2 Å². The molecule has 10 nitrogen and oxygen atoms in total. The van der Waals surface area contributed by atoms with E-state index in [1.165, 1.54) is 0 Å². The molecule has 0 aliphatic carbocycles. The normalized spacial score (nSPS) is 10.9. The zero-order chi connectivity index (χ0) is 25.8. The maximum atomic E-state index is 10.9. The maximum Gasteiger partial charge on any atom is 0.211 e. The molecule has 0 bridgehead atoms. The van der Waals surface area contributed by atoms with Crippen molar-refractivity contribution in [1.29, 1.82) is 0 Å². The summed E-state index contributed by atoms with van der Waals surface area (Å²) in [5.74, 6) is 1.20. The molecular formula is C27H27N9O. The van der Waals surface area contributed by atoms with E-state index in [1.54, 1.807) is 19.6 Å². The van der Waals surface area contributed by atoms with Gasteiger partial charge >= 0.3 is 0 Å². The number of imidazole rings is 1. The van der Waals surface area contributed by atoms with Crippen LogP contribution < -0.4 is 16.0 Å². The highest BCUT2D eigenvalue weighted by atomic mass is 16.1. The molecule has 0 atom stereocenters. The third-order valence-electron chi connectivity index (χ3n) is 6.04. The Morgan fingerprint density at radius 2 is 1.86 bits per heavy atom. The van der Waals surface area contributed by atoms with Crippen LogP contribution in [0.2, 0.25) is 0 Å². The van der Waals surface area contributed by atoms with E-state index in [0.717, 1.165) is 46.0 Å². The molecular weight excluding hydrogens is 466 g/mol. The van der Waals surface area contributed by atoms with Gasteiger partial charge in [0.1, 0.15) is 5.52 Å². The van der Waals surface area contributed by atoms with Crippen molar-refractivity contribution in [2.75, 3.05) is 23.0 Å². The Labute approximate surface area is 214 Å². The number of benzene rings is 1. The molecule has 37 heavy (non-hydrogen) atoms. The van der Waals surface area contributed by atoms with Crippen LogP contribution in [-0.4, -0.2) is 42.9 Å². The summed E-state index contributed by atoms with van der Waals surface area (Å²) in [5, 5.41) is 9.23. The molecule has 1 amide bonds. The first kappa shape index (κ1) is 23.9. The van der Waals surface area contributed by atoms with Gasteiger partial charge in [-0.3, -0.25) is 14.8 Å². The molecule has 186 valence electrons. The second-order valence-corrected chi connectivity index (χ2v) is 8.46. The summed E-state index contributed by atoms with van der Waals surface area (Å²) in [5.41, 5.74) is 7.61. The summed E-state index contributed by atoms with van der Waals surface area (Å²) in [6.45, 7) is 5.27. The molecule has 1 aromatic carbocycles. The maximum absolute atomic E-state index is 10.9. The van der Waals surface area contributed by atoms with E-state index in [0.29, 0.717) is 35.8 Å². The monoisotopic (exact) mass is 493 g/mol. The van der Waals surface area contributed by atoms with Gasteiger partial charge in [0.25, 0.3) is 0 Å². The van der Waals surface area contributed by atoms with E-state index in [4.69, 9.17) is 9.97 Å². The molecule has 0 spiro atoms. The highest BCUT2D eigenvalue weighted by molar-refractivity contribution is 5.87. The van der Waals surface area contributed by atoms with Crippen LogP contribution in [0.4, 0.5) is 17.2 Å². The molecule has 0 saturated heterocycles. The van der Waals surface area contributed by atoms with Crippen molar-refractivity contribution in [1.82, 2.24) is 29.5 Å². The number of nitrogens with one attached hydrogen (secondary N) is 3. The average Bonchev–Trinajstić information content (AvgIpc) is 3.35. The van der Waals surface area contributed by atoms with Crippen molar-refractivity contribution in [3.8, 4) is 22.6 Å². The van der Waals surface area contributed by atoms with Gasteiger partial charge in [-0.2, -0.15) is 0 Å². The number of amides is 1. The average molecular weight is 494 g/mol. The Morgan fingerprint density at radius 1 is 0.973 bits per heavy atom. The van der Waals surface area contributed by atoms with Gasteiger partial charge in [-0.1, -0.05) is 6.07 Å². The molecule has 3 N–H and O–H groups in total. The Kier molecular flexibility index (Phi) is 6.71. The van der Waals surface area contributed by atoms with Crippen LogP contribution in [-0.2, 0) is 17.9 Å². The number of aryl methyl sites for hydroxylation is 2. The molecule has 5 rings (SSSR count). The molecule has 0 saturated carbocycles. The van der Waals surface area contributed by atoms with Gasteiger partial charge < -0.3 is 20.5 Å². The Hall–Kier alpha value is -4.86. The number of hydrogen-bond donors (Lipinski definition) is 3. The van der Waals surface area contributed by atoms with Gasteiger partial charge in [0.05, 0.1) is 23.4 Å². The highest BCUT2D eigenvalue weighted by Gasteiger charge is 2.15. The second-order valence-electron chi connectivity index (χ2n) is 8.46. The van der Waals surface area contributed by atoms with Gasteiger partial charge in [0, 0.05) is 49.4 Å². The lowest BCUT2D eigenvalue weighted by atomic mass is 10.1. The van der Waals surface area contributed by atoms with Crippen LogP contribution in [0.5, 0.6) is 0 Å². The quantitative estimate of drug-likeness (QED) is 0.257. The third kappa shape index (κ3) is 4.94. The lowest BCUT2D eigenvalue weighted by Gasteiger charge is -2.12. The van der Waals surface area contributed by atoms with E-state index in [9.17, 15) is 4.79 Å². The Balaban J connectivity index is 1.45. The van der Waals surface area contributed by atoms with E-state index in [2.05, 4.69) is 30.9 Å². The minimum atomic E-state index is 0.525. The van der Waals surface area contributed by atoms with Crippen LogP contribution in [0.3, 0.4) is 0 Å². The summed E-state index contributed by atoms with van der Waals surface area (Å²) in [6, 6.07) is 13.6. The summed E-state index contributed by atoms with van der Waals surface area (Å²) in [4.78, 5) is 34.0. The smallest absolute Gasteiger partial charge is 0.211 e. The van der Waals surface area contributed by atoms with Crippen molar-refractivity contribution in [2.45, 2.75) is 26.9 Å². The van der Waals surface area contributed by atoms with Crippen molar-refractivity contribution in [3.63, 3.8) is 0 Å². The fraction of sp³-hybridized carbons (Fsp3) is 0.185. The molecule has 5 aromatic rings. The molecule has 10 heteroatoms. The Morgan fingerprint density at radius 3 is 2.59 bits per heavy atom. The zero-order valence-electron chi connectivity index (χ0n) is 20.9. The number of pyridine rings is 2. The van der Waals surface area contributed by atoms with Crippen molar-refractivity contribution >= 4 is 34.8 Å². The molecule has 4 heterocycles. The van der Waals surface area contributed by atoms with Gasteiger partial charge in [-0.05, 0) is 55.8 Å². The summed E-state index contributed by atoms with van der Waals surface area (Å²) in [7, 11) is 1.80. The van der Waals surface area contributed by atoms with E-state index in [-0.39, 0.29) is 0 Å². The van der Waals surface area contributed by atoms with E-state index in [1.807, 2.05) is 67.1 Å². The second kappa shape index (κ2) is 10.4. The van der Waals surface area contributed by atoms with E-state index < -0.39 is 0 Å². The topological polar surface area (TPSA) is 123 Å². The summed E-state index contributed by atoms with van der Waals surface area (Å²) in [6.07, 6.45) is 6.08. The summed E-state index contributed by atoms with van der Waals surface area (Å²) < 4.78 is 1.99. The molecule has 0 unspecified atom stereocenters. The minimum absolute atomic E-state index is 0.525. The fourth-order valence-corrected chi connectivity index (χ4v) is 4.10. The first-order chi connectivity index (χ1) is 18.1. The van der Waals surface area contributed by atoms with Crippen LogP contribution in [0, 0.1) is 6.92 Å². The lowest BCUT2D eigenvalue weighted by Crippen LogP contribution is -2.06.